The van der Waals surface area contributed by atoms with Crippen molar-refractivity contribution in [3.63, 3.8) is 0 Å². The van der Waals surface area contributed by atoms with E-state index in [4.69, 9.17) is 4.74 Å². The zero-order chi connectivity index (χ0) is 17.9. The molecule has 3 aliphatic heterocycles. The van der Waals surface area contributed by atoms with Gasteiger partial charge in [0.15, 0.2) is 0 Å². The molecule has 0 radical (unpaired) electrons. The van der Waals surface area contributed by atoms with Gasteiger partial charge in [-0.25, -0.2) is 4.79 Å². The highest BCUT2D eigenvalue weighted by molar-refractivity contribution is 5.82. The smallest absolute Gasteiger partial charge is 0.317 e. The van der Waals surface area contributed by atoms with Crippen LogP contribution in [-0.4, -0.2) is 92.2 Å². The first-order valence-corrected chi connectivity index (χ1v) is 9.64. The zero-order valence-corrected chi connectivity index (χ0v) is 15.6. The molecule has 1 spiro atoms. The topological polar surface area (TPSA) is 65.1 Å². The van der Waals surface area contributed by atoms with Crippen molar-refractivity contribution in [2.24, 2.45) is 5.41 Å². The molecule has 1 unspecified atom stereocenters. The third-order valence-corrected chi connectivity index (χ3v) is 5.99. The van der Waals surface area contributed by atoms with Gasteiger partial charge >= 0.3 is 6.03 Å². The van der Waals surface area contributed by atoms with Crippen molar-refractivity contribution in [2.75, 3.05) is 59.5 Å². The monoisotopic (exact) mass is 352 g/mol. The minimum Gasteiger partial charge on any atom is -0.378 e. The van der Waals surface area contributed by atoms with Crippen LogP contribution in [0.3, 0.4) is 0 Å². The van der Waals surface area contributed by atoms with E-state index in [1.165, 1.54) is 0 Å². The fraction of sp³-hybridized carbons (Fsp3) is 0.889. The molecule has 3 heterocycles. The fourth-order valence-corrected chi connectivity index (χ4v) is 4.43. The van der Waals surface area contributed by atoms with E-state index < -0.39 is 0 Å². The number of morpholine rings is 1. The molecule has 0 aromatic heterocycles. The Labute approximate surface area is 150 Å². The second-order valence-electron chi connectivity index (χ2n) is 7.79. The molecule has 1 atom stereocenters. The largest absolute Gasteiger partial charge is 0.378 e. The molecular formula is C18H32N4O3. The average Bonchev–Trinajstić information content (AvgIpc) is 2.96. The number of urea groups is 1. The molecule has 0 aliphatic carbocycles. The van der Waals surface area contributed by atoms with Gasteiger partial charge in [-0.15, -0.1) is 0 Å². The summed E-state index contributed by atoms with van der Waals surface area (Å²) < 4.78 is 5.36. The van der Waals surface area contributed by atoms with Gasteiger partial charge in [0.2, 0.25) is 5.91 Å². The van der Waals surface area contributed by atoms with Gasteiger partial charge in [-0.1, -0.05) is 6.92 Å². The van der Waals surface area contributed by atoms with Crippen LogP contribution in [0.5, 0.6) is 0 Å². The van der Waals surface area contributed by atoms with E-state index in [0.717, 1.165) is 51.9 Å². The van der Waals surface area contributed by atoms with Crippen molar-refractivity contribution in [1.82, 2.24) is 20.0 Å². The fourth-order valence-electron chi connectivity index (χ4n) is 4.43. The van der Waals surface area contributed by atoms with Crippen LogP contribution in [0.4, 0.5) is 4.79 Å². The number of hydrogen-bond donors (Lipinski definition) is 1. The summed E-state index contributed by atoms with van der Waals surface area (Å²) in [4.78, 5) is 31.1. The van der Waals surface area contributed by atoms with E-state index in [2.05, 4.69) is 24.2 Å². The van der Waals surface area contributed by atoms with Gasteiger partial charge in [0.25, 0.3) is 0 Å². The first-order chi connectivity index (χ1) is 12.0. The van der Waals surface area contributed by atoms with Crippen LogP contribution in [0.25, 0.3) is 0 Å². The summed E-state index contributed by atoms with van der Waals surface area (Å²) >= 11 is 0. The summed E-state index contributed by atoms with van der Waals surface area (Å²) in [6, 6.07) is 0.0440. The van der Waals surface area contributed by atoms with Crippen LogP contribution in [0.2, 0.25) is 0 Å². The van der Waals surface area contributed by atoms with Gasteiger partial charge < -0.3 is 19.9 Å². The van der Waals surface area contributed by atoms with Crippen LogP contribution in [-0.2, 0) is 9.53 Å². The van der Waals surface area contributed by atoms with Gasteiger partial charge in [-0.3, -0.25) is 9.69 Å². The number of nitrogens with one attached hydrogen (secondary N) is 1. The normalized spacial score (nSPS) is 26.9. The molecule has 3 amide bonds. The predicted octanol–water partition coefficient (Wildman–Crippen LogP) is 0.751. The molecule has 0 bridgehead atoms. The molecule has 1 N–H and O–H groups in total. The maximum absolute atomic E-state index is 12.9. The second kappa shape index (κ2) is 7.91. The van der Waals surface area contributed by atoms with E-state index >= 15 is 0 Å². The molecular weight excluding hydrogens is 320 g/mol. The van der Waals surface area contributed by atoms with Crippen molar-refractivity contribution < 1.29 is 14.3 Å². The number of likely N-dealkylation sites (tertiary alicyclic amines) is 2. The lowest BCUT2D eigenvalue weighted by Crippen LogP contribution is -2.49. The number of carbonyl (C=O) groups excluding carboxylic acids is 2. The maximum atomic E-state index is 12.9. The van der Waals surface area contributed by atoms with Crippen LogP contribution < -0.4 is 5.32 Å². The Morgan fingerprint density at radius 3 is 2.44 bits per heavy atom. The molecule has 3 rings (SSSR count). The molecule has 142 valence electrons. The van der Waals surface area contributed by atoms with Crippen molar-refractivity contribution in [3.8, 4) is 0 Å². The van der Waals surface area contributed by atoms with Crippen LogP contribution in [0.1, 0.15) is 32.6 Å². The molecule has 0 saturated carbocycles. The van der Waals surface area contributed by atoms with Crippen molar-refractivity contribution in [3.05, 3.63) is 0 Å². The molecule has 25 heavy (non-hydrogen) atoms. The highest BCUT2D eigenvalue weighted by Crippen LogP contribution is 2.43. The Morgan fingerprint density at radius 1 is 1.12 bits per heavy atom. The number of piperidine rings is 1. The molecule has 0 aromatic carbocycles. The number of rotatable bonds is 3. The first-order valence-electron chi connectivity index (χ1n) is 9.64. The quantitative estimate of drug-likeness (QED) is 0.814. The summed E-state index contributed by atoms with van der Waals surface area (Å²) in [5.41, 5.74) is 0.183. The third-order valence-electron chi connectivity index (χ3n) is 5.99. The predicted molar refractivity (Wildman–Crippen MR) is 95.4 cm³/mol. The minimum atomic E-state index is -0.0152. The van der Waals surface area contributed by atoms with Crippen LogP contribution >= 0.6 is 0 Å². The Bertz CT molecular complexity index is 485. The summed E-state index contributed by atoms with van der Waals surface area (Å²) in [6.45, 7) is 8.06. The van der Waals surface area contributed by atoms with E-state index in [1.807, 2.05) is 9.80 Å². The highest BCUT2D eigenvalue weighted by atomic mass is 16.5. The van der Waals surface area contributed by atoms with Gasteiger partial charge in [0.1, 0.15) is 0 Å². The van der Waals surface area contributed by atoms with Crippen LogP contribution in [0.15, 0.2) is 0 Å². The van der Waals surface area contributed by atoms with Crippen LogP contribution in [0, 0.1) is 5.41 Å². The summed E-state index contributed by atoms with van der Waals surface area (Å²) in [5, 5.41) is 2.96. The molecule has 7 heteroatoms. The maximum Gasteiger partial charge on any atom is 0.317 e. The van der Waals surface area contributed by atoms with E-state index in [9.17, 15) is 9.59 Å². The number of likely N-dealkylation sites (N-methyl/N-ethyl adjacent to an activating group) is 1. The molecule has 0 aromatic rings. The Balaban J connectivity index is 1.54. The standard InChI is InChI=1S/C18H32N4O3/c1-3-6-19-17(24)22-7-4-18(5-8-22)13-15(20(2)14-18)16(23)21-9-11-25-12-10-21/h15H,3-14H2,1-2H3,(H,19,24). The number of ether oxygens (including phenoxy) is 1. The lowest BCUT2D eigenvalue weighted by Gasteiger charge is -2.39. The van der Waals surface area contributed by atoms with Gasteiger partial charge in [0, 0.05) is 39.3 Å². The van der Waals surface area contributed by atoms with E-state index in [0.29, 0.717) is 26.3 Å². The van der Waals surface area contributed by atoms with E-state index in [1.54, 1.807) is 0 Å². The Kier molecular flexibility index (Phi) is 5.84. The summed E-state index contributed by atoms with van der Waals surface area (Å²) in [6.07, 6.45) is 3.86. The molecule has 7 nitrogen and oxygen atoms in total. The first kappa shape index (κ1) is 18.5. The minimum absolute atomic E-state index is 0.0152. The highest BCUT2D eigenvalue weighted by Gasteiger charge is 2.47. The van der Waals surface area contributed by atoms with Gasteiger partial charge in [0.05, 0.1) is 19.3 Å². The molecule has 3 aliphatic rings. The number of hydrogen-bond acceptors (Lipinski definition) is 4. The van der Waals surface area contributed by atoms with Crippen molar-refractivity contribution >= 4 is 11.9 Å². The summed E-state index contributed by atoms with van der Waals surface area (Å²) in [5.74, 6) is 0.255. The van der Waals surface area contributed by atoms with Crippen molar-refractivity contribution in [2.45, 2.75) is 38.6 Å². The average molecular weight is 352 g/mol. The van der Waals surface area contributed by atoms with Crippen molar-refractivity contribution in [1.29, 1.82) is 0 Å². The lowest BCUT2D eigenvalue weighted by molar-refractivity contribution is -0.139. The molecule has 3 saturated heterocycles. The zero-order valence-electron chi connectivity index (χ0n) is 15.6. The number of amides is 3. The SMILES string of the molecule is CCCNC(=O)N1CCC2(CC1)CC(C(=O)N1CCOCC1)N(C)C2. The van der Waals surface area contributed by atoms with Gasteiger partial charge in [-0.05, 0) is 38.1 Å². The van der Waals surface area contributed by atoms with E-state index in [-0.39, 0.29) is 23.4 Å². The number of carbonyl (C=O) groups is 2. The third kappa shape index (κ3) is 4.08. The second-order valence-corrected chi connectivity index (χ2v) is 7.79. The lowest BCUT2D eigenvalue weighted by atomic mass is 9.76. The Morgan fingerprint density at radius 2 is 1.80 bits per heavy atom. The Hall–Kier alpha value is -1.34. The molecule has 3 fully saturated rings. The number of nitrogens with zero attached hydrogens (tertiary/aromatic N) is 3. The van der Waals surface area contributed by atoms with Gasteiger partial charge in [-0.2, -0.15) is 0 Å². The summed E-state index contributed by atoms with van der Waals surface area (Å²) in [7, 11) is 2.07.